The number of nitrogens with one attached hydrogen (secondary N) is 1. The molecule has 0 spiro atoms. The van der Waals surface area contributed by atoms with E-state index in [9.17, 15) is 9.59 Å². The van der Waals surface area contributed by atoms with Crippen LogP contribution in [0, 0.1) is 20.8 Å². The van der Waals surface area contributed by atoms with Crippen molar-refractivity contribution in [2.45, 2.75) is 39.0 Å². The van der Waals surface area contributed by atoms with Gasteiger partial charge in [0.15, 0.2) is 6.61 Å². The molecule has 0 unspecified atom stereocenters. The summed E-state index contributed by atoms with van der Waals surface area (Å²) in [6.07, 6.45) is 1.70. The maximum Gasteiger partial charge on any atom is 0.341 e. The van der Waals surface area contributed by atoms with Crippen molar-refractivity contribution < 1.29 is 19.4 Å². The first kappa shape index (κ1) is 18.0. The van der Waals surface area contributed by atoms with Gasteiger partial charge in [-0.3, -0.25) is 4.79 Å². The van der Waals surface area contributed by atoms with E-state index in [0.717, 1.165) is 35.1 Å². The number of carbonyl (C=O) groups excluding carboxylic acids is 1. The van der Waals surface area contributed by atoms with Crippen LogP contribution in [0.15, 0.2) is 36.4 Å². The molecule has 0 radical (unpaired) electrons. The summed E-state index contributed by atoms with van der Waals surface area (Å²) in [4.78, 5) is 23.5. The molecule has 1 aliphatic rings. The summed E-state index contributed by atoms with van der Waals surface area (Å²) in [5.41, 5.74) is 4.50. The fourth-order valence-corrected chi connectivity index (χ4v) is 3.28. The summed E-state index contributed by atoms with van der Waals surface area (Å²) < 4.78 is 5.17. The van der Waals surface area contributed by atoms with E-state index in [4.69, 9.17) is 9.84 Å². The van der Waals surface area contributed by atoms with Gasteiger partial charge in [-0.2, -0.15) is 0 Å². The minimum absolute atomic E-state index is 0.00445. The lowest BCUT2D eigenvalue weighted by Gasteiger charge is -2.18. The molecule has 1 amide bonds. The number of carbonyl (C=O) groups is 2. The van der Waals surface area contributed by atoms with Crippen molar-refractivity contribution in [1.82, 2.24) is 0 Å². The Morgan fingerprint density at radius 2 is 1.73 bits per heavy atom. The third-order valence-corrected chi connectivity index (χ3v) is 4.77. The molecule has 5 heteroatoms. The number of aryl methyl sites for hydroxylation is 3. The molecule has 136 valence electrons. The van der Waals surface area contributed by atoms with Crippen LogP contribution in [0.25, 0.3) is 0 Å². The zero-order valence-corrected chi connectivity index (χ0v) is 15.3. The van der Waals surface area contributed by atoms with E-state index < -0.39 is 11.4 Å². The molecular weight excluding hydrogens is 330 g/mol. The minimum Gasteiger partial charge on any atom is -0.482 e. The minimum atomic E-state index is -1.02. The van der Waals surface area contributed by atoms with Crippen LogP contribution >= 0.6 is 0 Å². The Morgan fingerprint density at radius 1 is 1.08 bits per heavy atom. The van der Waals surface area contributed by atoms with Crippen molar-refractivity contribution in [3.8, 4) is 5.75 Å². The number of rotatable bonds is 6. The third kappa shape index (κ3) is 3.72. The van der Waals surface area contributed by atoms with Gasteiger partial charge in [-0.15, -0.1) is 0 Å². The fourth-order valence-electron chi connectivity index (χ4n) is 3.28. The van der Waals surface area contributed by atoms with Gasteiger partial charge in [0.05, 0.1) is 5.41 Å². The summed E-state index contributed by atoms with van der Waals surface area (Å²) in [7, 11) is 0. The Kier molecular flexibility index (Phi) is 4.72. The SMILES string of the molecule is Cc1cc(C)cc(C2(C(=O)Nc3ccc(OCC(=O)O)cc3C)CC2)c1. The number of amides is 1. The number of carboxylic acid groups (broad SMARTS) is 1. The second-order valence-electron chi connectivity index (χ2n) is 7.07. The van der Waals surface area contributed by atoms with Crippen molar-refractivity contribution >= 4 is 17.6 Å². The van der Waals surface area contributed by atoms with Crippen LogP contribution in [0.2, 0.25) is 0 Å². The number of benzene rings is 2. The van der Waals surface area contributed by atoms with E-state index in [1.54, 1.807) is 18.2 Å². The van der Waals surface area contributed by atoms with Gasteiger partial charge in [-0.05, 0) is 62.9 Å². The molecule has 0 aliphatic heterocycles. The monoisotopic (exact) mass is 353 g/mol. The molecule has 2 aromatic rings. The van der Waals surface area contributed by atoms with Crippen LogP contribution in [0.3, 0.4) is 0 Å². The van der Waals surface area contributed by atoms with Crippen molar-refractivity contribution in [2.75, 3.05) is 11.9 Å². The average Bonchev–Trinajstić information content (AvgIpc) is 3.36. The molecule has 0 saturated heterocycles. The normalized spacial score (nSPS) is 14.6. The molecule has 0 aromatic heterocycles. The summed E-state index contributed by atoms with van der Waals surface area (Å²) in [6.45, 7) is 5.57. The lowest BCUT2D eigenvalue weighted by Crippen LogP contribution is -2.28. The van der Waals surface area contributed by atoms with Gasteiger partial charge >= 0.3 is 5.97 Å². The first-order valence-electron chi connectivity index (χ1n) is 8.66. The predicted molar refractivity (Wildman–Crippen MR) is 99.8 cm³/mol. The van der Waals surface area contributed by atoms with Crippen molar-refractivity contribution in [3.05, 3.63) is 58.7 Å². The Labute approximate surface area is 153 Å². The van der Waals surface area contributed by atoms with Crippen LogP contribution in [-0.4, -0.2) is 23.6 Å². The first-order chi connectivity index (χ1) is 12.3. The second kappa shape index (κ2) is 6.83. The molecule has 1 fully saturated rings. The maximum absolute atomic E-state index is 13.0. The summed E-state index contributed by atoms with van der Waals surface area (Å²) >= 11 is 0. The molecule has 1 aliphatic carbocycles. The van der Waals surface area contributed by atoms with Crippen LogP contribution < -0.4 is 10.1 Å². The summed E-state index contributed by atoms with van der Waals surface area (Å²) in [5.74, 6) is -0.549. The highest BCUT2D eigenvalue weighted by molar-refractivity contribution is 6.02. The molecule has 1 saturated carbocycles. The van der Waals surface area contributed by atoms with Crippen LogP contribution in [0.4, 0.5) is 5.69 Å². The summed E-state index contributed by atoms with van der Waals surface area (Å²) in [5, 5.41) is 11.7. The standard InChI is InChI=1S/C21H23NO4/c1-13-8-14(2)10-16(9-13)21(6-7-21)20(25)22-18-5-4-17(11-15(18)3)26-12-19(23)24/h4-5,8-11H,6-7,12H2,1-3H3,(H,22,25)(H,23,24). The quantitative estimate of drug-likeness (QED) is 0.829. The molecular formula is C21H23NO4. The Bertz CT molecular complexity index is 848. The topological polar surface area (TPSA) is 75.6 Å². The van der Waals surface area contributed by atoms with E-state index in [2.05, 4.69) is 23.5 Å². The molecule has 2 N–H and O–H groups in total. The highest BCUT2D eigenvalue weighted by Crippen LogP contribution is 2.49. The van der Waals surface area contributed by atoms with E-state index in [0.29, 0.717) is 11.4 Å². The van der Waals surface area contributed by atoms with Gasteiger partial charge < -0.3 is 15.2 Å². The van der Waals surface area contributed by atoms with Gasteiger partial charge in [-0.1, -0.05) is 29.3 Å². The highest BCUT2D eigenvalue weighted by atomic mass is 16.5. The van der Waals surface area contributed by atoms with Gasteiger partial charge in [0.25, 0.3) is 0 Å². The number of carboxylic acids is 1. The molecule has 2 aromatic carbocycles. The van der Waals surface area contributed by atoms with E-state index in [1.165, 1.54) is 0 Å². The molecule has 26 heavy (non-hydrogen) atoms. The van der Waals surface area contributed by atoms with Crippen LogP contribution in [-0.2, 0) is 15.0 Å². The van der Waals surface area contributed by atoms with Gasteiger partial charge in [-0.25, -0.2) is 4.79 Å². The first-order valence-corrected chi connectivity index (χ1v) is 8.66. The van der Waals surface area contributed by atoms with Gasteiger partial charge in [0.2, 0.25) is 5.91 Å². The van der Waals surface area contributed by atoms with Gasteiger partial charge in [0.1, 0.15) is 5.75 Å². The number of ether oxygens (including phenoxy) is 1. The van der Waals surface area contributed by atoms with Crippen molar-refractivity contribution in [1.29, 1.82) is 0 Å². The lowest BCUT2D eigenvalue weighted by atomic mass is 9.92. The van der Waals surface area contributed by atoms with E-state index in [1.807, 2.05) is 20.8 Å². The second-order valence-corrected chi connectivity index (χ2v) is 7.07. The number of aliphatic carboxylic acids is 1. The van der Waals surface area contributed by atoms with Crippen molar-refractivity contribution in [2.24, 2.45) is 0 Å². The number of anilines is 1. The largest absolute Gasteiger partial charge is 0.482 e. The summed E-state index contributed by atoms with van der Waals surface area (Å²) in [6, 6.07) is 11.4. The highest BCUT2D eigenvalue weighted by Gasteiger charge is 2.51. The van der Waals surface area contributed by atoms with Crippen LogP contribution in [0.5, 0.6) is 5.75 Å². The smallest absolute Gasteiger partial charge is 0.341 e. The molecule has 0 bridgehead atoms. The van der Waals surface area contributed by atoms with E-state index in [-0.39, 0.29) is 12.5 Å². The Morgan fingerprint density at radius 3 is 2.27 bits per heavy atom. The lowest BCUT2D eigenvalue weighted by molar-refractivity contribution is -0.139. The zero-order valence-electron chi connectivity index (χ0n) is 15.3. The maximum atomic E-state index is 13.0. The number of hydrogen-bond donors (Lipinski definition) is 2. The Balaban J connectivity index is 1.76. The molecule has 0 atom stereocenters. The molecule has 5 nitrogen and oxygen atoms in total. The van der Waals surface area contributed by atoms with Crippen LogP contribution in [0.1, 0.15) is 35.1 Å². The van der Waals surface area contributed by atoms with Gasteiger partial charge in [0, 0.05) is 5.69 Å². The van der Waals surface area contributed by atoms with Crippen molar-refractivity contribution in [3.63, 3.8) is 0 Å². The Hall–Kier alpha value is -2.82. The number of hydrogen-bond acceptors (Lipinski definition) is 3. The average molecular weight is 353 g/mol. The third-order valence-electron chi connectivity index (χ3n) is 4.77. The predicted octanol–water partition coefficient (Wildman–Crippen LogP) is 3.75. The van der Waals surface area contributed by atoms with E-state index >= 15 is 0 Å². The zero-order chi connectivity index (χ0) is 18.9. The molecule has 3 rings (SSSR count). The fraction of sp³-hybridized carbons (Fsp3) is 0.333. The molecule has 0 heterocycles.